The third kappa shape index (κ3) is 4.77. The number of hydrogen-bond donors (Lipinski definition) is 3. The molecule has 2 aromatic heterocycles. The molecule has 0 radical (unpaired) electrons. The van der Waals surface area contributed by atoms with Crippen molar-refractivity contribution in [1.82, 2.24) is 25.1 Å². The van der Waals surface area contributed by atoms with Gasteiger partial charge in [-0.2, -0.15) is 4.98 Å². The minimum absolute atomic E-state index is 0.0513. The van der Waals surface area contributed by atoms with E-state index in [1.165, 1.54) is 6.92 Å². The molecule has 8 nitrogen and oxygen atoms in total. The van der Waals surface area contributed by atoms with E-state index in [1.54, 1.807) is 17.2 Å². The largest absolute Gasteiger partial charge is 0.368 e. The molecule has 0 aliphatic carbocycles. The van der Waals surface area contributed by atoms with Crippen LogP contribution >= 0.6 is 0 Å². The van der Waals surface area contributed by atoms with Gasteiger partial charge >= 0.3 is 0 Å². The highest BCUT2D eigenvalue weighted by molar-refractivity contribution is 5.72. The van der Waals surface area contributed by atoms with Crippen LogP contribution in [0.15, 0.2) is 55.0 Å². The standard InChI is InChI=1S/C17H19N7O/c1-13(25)18-9-10-20-16-11-15(7-8-19-16)24-12-21-17(23-24)22-14-5-3-2-4-6-14/h2-8,11-12H,9-10H2,1H3,(H,18,25)(H,19,20)(H,22,23). The molecule has 0 aliphatic rings. The molecule has 2 heterocycles. The Bertz CT molecular complexity index is 832. The van der Waals surface area contributed by atoms with Crippen LogP contribution in [0.1, 0.15) is 6.92 Å². The normalized spacial score (nSPS) is 10.3. The van der Waals surface area contributed by atoms with Gasteiger partial charge in [0.1, 0.15) is 12.1 Å². The van der Waals surface area contributed by atoms with Crippen molar-refractivity contribution in [3.63, 3.8) is 0 Å². The van der Waals surface area contributed by atoms with Crippen LogP contribution in [-0.2, 0) is 4.79 Å². The van der Waals surface area contributed by atoms with Crippen LogP contribution in [0.3, 0.4) is 0 Å². The van der Waals surface area contributed by atoms with Crippen LogP contribution in [0.4, 0.5) is 17.5 Å². The molecule has 1 aromatic carbocycles. The summed E-state index contributed by atoms with van der Waals surface area (Å²) < 4.78 is 1.67. The second-order valence-electron chi connectivity index (χ2n) is 5.31. The molecule has 0 bridgehead atoms. The minimum Gasteiger partial charge on any atom is -0.368 e. The van der Waals surface area contributed by atoms with Crippen LogP contribution in [0, 0.1) is 0 Å². The Kier molecular flexibility index (Phi) is 5.20. The van der Waals surface area contributed by atoms with E-state index in [-0.39, 0.29) is 5.91 Å². The van der Waals surface area contributed by atoms with Gasteiger partial charge in [0.15, 0.2) is 0 Å². The first kappa shape index (κ1) is 16.4. The molecule has 0 atom stereocenters. The van der Waals surface area contributed by atoms with Crippen molar-refractivity contribution in [2.45, 2.75) is 6.92 Å². The fourth-order valence-corrected chi connectivity index (χ4v) is 2.18. The highest BCUT2D eigenvalue weighted by Crippen LogP contribution is 2.14. The van der Waals surface area contributed by atoms with Gasteiger partial charge in [-0.25, -0.2) is 9.67 Å². The number of rotatable bonds is 7. The maximum atomic E-state index is 10.8. The minimum atomic E-state index is -0.0513. The summed E-state index contributed by atoms with van der Waals surface area (Å²) in [6.45, 7) is 2.62. The van der Waals surface area contributed by atoms with E-state index in [9.17, 15) is 4.79 Å². The molecule has 0 saturated heterocycles. The fraction of sp³-hybridized carbons (Fsp3) is 0.176. The molecule has 0 saturated carbocycles. The van der Waals surface area contributed by atoms with Crippen LogP contribution in [-0.4, -0.2) is 38.7 Å². The number of nitrogens with zero attached hydrogens (tertiary/aromatic N) is 4. The maximum absolute atomic E-state index is 10.8. The Balaban J connectivity index is 1.64. The highest BCUT2D eigenvalue weighted by Gasteiger charge is 2.04. The van der Waals surface area contributed by atoms with Crippen molar-refractivity contribution in [1.29, 1.82) is 0 Å². The second kappa shape index (κ2) is 7.91. The van der Waals surface area contributed by atoms with Gasteiger partial charge in [0.25, 0.3) is 0 Å². The fourth-order valence-electron chi connectivity index (χ4n) is 2.18. The van der Waals surface area contributed by atoms with Crippen LogP contribution < -0.4 is 16.0 Å². The van der Waals surface area contributed by atoms with Gasteiger partial charge in [-0.15, -0.1) is 5.10 Å². The lowest BCUT2D eigenvalue weighted by Gasteiger charge is -2.07. The van der Waals surface area contributed by atoms with Crippen LogP contribution in [0.5, 0.6) is 0 Å². The molecule has 25 heavy (non-hydrogen) atoms. The molecule has 0 spiro atoms. The first-order chi connectivity index (χ1) is 12.2. The van der Waals surface area contributed by atoms with Crippen molar-refractivity contribution >= 4 is 23.4 Å². The molecular weight excluding hydrogens is 318 g/mol. The number of carbonyl (C=O) groups is 1. The SMILES string of the molecule is CC(=O)NCCNc1cc(-n2cnc(Nc3ccccc3)n2)ccn1. The first-order valence-electron chi connectivity index (χ1n) is 7.89. The number of carbonyl (C=O) groups excluding carboxylic acids is 1. The zero-order valence-electron chi connectivity index (χ0n) is 13.8. The van der Waals surface area contributed by atoms with Gasteiger partial charge in [-0.3, -0.25) is 4.79 Å². The van der Waals surface area contributed by atoms with Crippen LogP contribution in [0.2, 0.25) is 0 Å². The molecule has 3 N–H and O–H groups in total. The average Bonchev–Trinajstić information content (AvgIpc) is 3.08. The van der Waals surface area contributed by atoms with Crippen molar-refractivity contribution in [2.24, 2.45) is 0 Å². The Hall–Kier alpha value is -3.42. The Labute approximate surface area is 145 Å². The van der Waals surface area contributed by atoms with E-state index in [0.717, 1.165) is 11.4 Å². The Morgan fingerprint density at radius 2 is 1.96 bits per heavy atom. The van der Waals surface area contributed by atoms with E-state index >= 15 is 0 Å². The van der Waals surface area contributed by atoms with Gasteiger partial charge < -0.3 is 16.0 Å². The maximum Gasteiger partial charge on any atom is 0.246 e. The van der Waals surface area contributed by atoms with E-state index < -0.39 is 0 Å². The smallest absolute Gasteiger partial charge is 0.246 e. The van der Waals surface area contributed by atoms with Gasteiger partial charge in [0, 0.05) is 38.0 Å². The molecule has 0 aliphatic heterocycles. The average molecular weight is 337 g/mol. The molecule has 8 heteroatoms. The summed E-state index contributed by atoms with van der Waals surface area (Å²) in [4.78, 5) is 19.4. The van der Waals surface area contributed by atoms with Gasteiger partial charge in [0.05, 0.1) is 5.69 Å². The molecule has 0 unspecified atom stereocenters. The van der Waals surface area contributed by atoms with Gasteiger partial charge in [-0.1, -0.05) is 18.2 Å². The zero-order valence-corrected chi connectivity index (χ0v) is 13.8. The molecular formula is C17H19N7O. The Morgan fingerprint density at radius 1 is 1.12 bits per heavy atom. The van der Waals surface area contributed by atoms with Crippen molar-refractivity contribution < 1.29 is 4.79 Å². The molecule has 1 amide bonds. The van der Waals surface area contributed by atoms with Crippen molar-refractivity contribution in [3.8, 4) is 5.69 Å². The van der Waals surface area contributed by atoms with Gasteiger partial charge in [0.2, 0.25) is 11.9 Å². The summed E-state index contributed by atoms with van der Waals surface area (Å²) in [5, 5.41) is 13.4. The number of aromatic nitrogens is 4. The van der Waals surface area contributed by atoms with Crippen molar-refractivity contribution in [2.75, 3.05) is 23.7 Å². The number of para-hydroxylation sites is 1. The van der Waals surface area contributed by atoms with Crippen LogP contribution in [0.25, 0.3) is 5.69 Å². The first-order valence-corrected chi connectivity index (χ1v) is 7.89. The number of pyridine rings is 1. The highest BCUT2D eigenvalue weighted by atomic mass is 16.1. The summed E-state index contributed by atoms with van der Waals surface area (Å²) in [6, 6.07) is 13.5. The molecule has 0 fully saturated rings. The molecule has 3 aromatic rings. The number of anilines is 3. The van der Waals surface area contributed by atoms with E-state index in [1.807, 2.05) is 42.5 Å². The molecule has 128 valence electrons. The lowest BCUT2D eigenvalue weighted by Crippen LogP contribution is -2.26. The predicted octanol–water partition coefficient (Wildman–Crippen LogP) is 1.95. The summed E-state index contributed by atoms with van der Waals surface area (Å²) in [5.41, 5.74) is 1.76. The lowest BCUT2D eigenvalue weighted by atomic mass is 10.3. The summed E-state index contributed by atoms with van der Waals surface area (Å²) in [6.07, 6.45) is 3.34. The zero-order chi connectivity index (χ0) is 17.5. The monoisotopic (exact) mass is 337 g/mol. The second-order valence-corrected chi connectivity index (χ2v) is 5.31. The quantitative estimate of drug-likeness (QED) is 0.570. The number of nitrogens with one attached hydrogen (secondary N) is 3. The van der Waals surface area contributed by atoms with E-state index in [0.29, 0.717) is 24.9 Å². The van der Waals surface area contributed by atoms with Gasteiger partial charge in [-0.05, 0) is 18.2 Å². The third-order valence-corrected chi connectivity index (χ3v) is 3.33. The Morgan fingerprint density at radius 3 is 2.76 bits per heavy atom. The number of amides is 1. The third-order valence-electron chi connectivity index (χ3n) is 3.33. The van der Waals surface area contributed by atoms with Crippen molar-refractivity contribution in [3.05, 3.63) is 55.0 Å². The summed E-state index contributed by atoms with van der Waals surface area (Å²) in [5.74, 6) is 1.17. The summed E-state index contributed by atoms with van der Waals surface area (Å²) >= 11 is 0. The topological polar surface area (TPSA) is 96.8 Å². The lowest BCUT2D eigenvalue weighted by molar-refractivity contribution is -0.118. The number of hydrogen-bond acceptors (Lipinski definition) is 6. The summed E-state index contributed by atoms with van der Waals surface area (Å²) in [7, 11) is 0. The van der Waals surface area contributed by atoms with E-state index in [4.69, 9.17) is 0 Å². The predicted molar refractivity (Wildman–Crippen MR) is 96.1 cm³/mol. The van der Waals surface area contributed by atoms with E-state index in [2.05, 4.69) is 31.0 Å². The molecule has 3 rings (SSSR count). The number of benzene rings is 1.